The third-order valence-corrected chi connectivity index (χ3v) is 5.88. The number of halogens is 1. The lowest BCUT2D eigenvalue weighted by molar-refractivity contribution is -0.136. The highest BCUT2D eigenvalue weighted by Gasteiger charge is 2.54. The number of likely N-dealkylation sites (N-methyl/N-ethyl adjacent to an activating group) is 1. The van der Waals surface area contributed by atoms with Gasteiger partial charge in [0.2, 0.25) is 5.96 Å². The lowest BCUT2D eigenvalue weighted by atomic mass is 10.1. The highest BCUT2D eigenvalue weighted by atomic mass is 19.1. The molecule has 5 rings (SSSR count). The topological polar surface area (TPSA) is 59.5 Å². The van der Waals surface area contributed by atoms with Gasteiger partial charge in [-0.3, -0.25) is 14.6 Å². The number of allylic oxidation sites excluding steroid dienone is 1. The number of carbonyl (C=O) groups is 2. The minimum absolute atomic E-state index is 0.156. The Bertz CT molecular complexity index is 1180. The fraction of sp³-hybridized carbons (Fsp3) is 0.208. The number of fused-ring (bicyclic) bond motifs is 3. The Morgan fingerprint density at radius 3 is 2.53 bits per heavy atom. The van der Waals surface area contributed by atoms with E-state index in [9.17, 15) is 14.0 Å². The van der Waals surface area contributed by atoms with Crippen LogP contribution in [0.4, 0.5) is 14.9 Å². The molecule has 2 atom stereocenters. The number of hydrogen-bond donors (Lipinski definition) is 0. The number of amides is 3. The van der Waals surface area contributed by atoms with Crippen LogP contribution in [0.5, 0.6) is 0 Å². The minimum Gasteiger partial charge on any atom is -0.302 e. The summed E-state index contributed by atoms with van der Waals surface area (Å²) in [6, 6.07) is 15.0. The number of aliphatic imine (C=N–C) groups is 1. The SMILES string of the molecule is CC1=CN2C(=NC3C2C(=O)N(C/C=C/c2ccccc2)C(=O)N3C)N1c1ccccc1F. The molecule has 2 aromatic carbocycles. The maximum atomic E-state index is 14.5. The molecular formula is C24H22FN5O2. The van der Waals surface area contributed by atoms with E-state index in [0.717, 1.165) is 11.3 Å². The highest BCUT2D eigenvalue weighted by Crippen LogP contribution is 2.37. The van der Waals surface area contributed by atoms with Gasteiger partial charge < -0.3 is 9.80 Å². The van der Waals surface area contributed by atoms with Crippen molar-refractivity contribution in [2.75, 3.05) is 18.5 Å². The minimum atomic E-state index is -0.690. The van der Waals surface area contributed by atoms with Crippen LogP contribution in [0.3, 0.4) is 0 Å². The fourth-order valence-electron chi connectivity index (χ4n) is 4.31. The van der Waals surface area contributed by atoms with Gasteiger partial charge in [0, 0.05) is 25.5 Å². The van der Waals surface area contributed by atoms with E-state index in [-0.39, 0.29) is 18.3 Å². The van der Waals surface area contributed by atoms with E-state index in [1.807, 2.05) is 43.3 Å². The molecule has 32 heavy (non-hydrogen) atoms. The predicted octanol–water partition coefficient (Wildman–Crippen LogP) is 3.48. The van der Waals surface area contributed by atoms with E-state index in [1.54, 1.807) is 47.3 Å². The standard InChI is InChI=1S/C24H22FN5O2/c1-16-15-29-20-21(26-23(29)30(16)19-13-7-6-12-18(19)25)27(2)24(32)28(22(20)31)14-8-11-17-9-4-3-5-10-17/h3-13,15,20-21H,14H2,1-2H3/b11-8+. The molecule has 1 saturated heterocycles. The van der Waals surface area contributed by atoms with Crippen molar-refractivity contribution in [2.24, 2.45) is 4.99 Å². The molecule has 3 amide bonds. The Balaban J connectivity index is 1.42. The number of imide groups is 1. The third-order valence-electron chi connectivity index (χ3n) is 5.88. The molecular weight excluding hydrogens is 409 g/mol. The van der Waals surface area contributed by atoms with Crippen LogP contribution >= 0.6 is 0 Å². The molecule has 8 heteroatoms. The lowest BCUT2D eigenvalue weighted by Gasteiger charge is -2.39. The first-order valence-corrected chi connectivity index (χ1v) is 10.4. The van der Waals surface area contributed by atoms with E-state index >= 15 is 0 Å². The van der Waals surface area contributed by atoms with Gasteiger partial charge in [0.25, 0.3) is 5.91 Å². The van der Waals surface area contributed by atoms with Gasteiger partial charge >= 0.3 is 6.03 Å². The average Bonchev–Trinajstić information content (AvgIpc) is 3.30. The Hall–Kier alpha value is -3.94. The normalized spacial score (nSPS) is 22.5. The van der Waals surface area contributed by atoms with Crippen molar-refractivity contribution in [1.82, 2.24) is 14.7 Å². The summed E-state index contributed by atoms with van der Waals surface area (Å²) in [5.41, 5.74) is 2.08. The summed E-state index contributed by atoms with van der Waals surface area (Å²) in [6.07, 6.45) is 4.80. The van der Waals surface area contributed by atoms with Crippen LogP contribution in [0.1, 0.15) is 12.5 Å². The second kappa shape index (κ2) is 7.64. The molecule has 7 nitrogen and oxygen atoms in total. The van der Waals surface area contributed by atoms with Gasteiger partial charge in [0.15, 0.2) is 12.2 Å². The molecule has 3 heterocycles. The molecule has 0 spiro atoms. The van der Waals surface area contributed by atoms with Crippen LogP contribution < -0.4 is 4.90 Å². The van der Waals surface area contributed by atoms with Crippen molar-refractivity contribution < 1.29 is 14.0 Å². The summed E-state index contributed by atoms with van der Waals surface area (Å²) in [5.74, 6) is -0.269. The van der Waals surface area contributed by atoms with Gasteiger partial charge in [-0.15, -0.1) is 0 Å². The number of para-hydroxylation sites is 1. The first kappa shape index (κ1) is 20.0. The van der Waals surface area contributed by atoms with Crippen molar-refractivity contribution in [1.29, 1.82) is 0 Å². The van der Waals surface area contributed by atoms with Crippen LogP contribution in [0.15, 0.2) is 77.6 Å². The average molecular weight is 431 g/mol. The van der Waals surface area contributed by atoms with E-state index in [0.29, 0.717) is 11.6 Å². The molecule has 0 aliphatic carbocycles. The molecule has 3 aliphatic rings. The quantitative estimate of drug-likeness (QED) is 0.744. The van der Waals surface area contributed by atoms with Crippen molar-refractivity contribution >= 4 is 29.7 Å². The summed E-state index contributed by atoms with van der Waals surface area (Å²) in [5, 5.41) is 0. The van der Waals surface area contributed by atoms with Crippen LogP contribution in [-0.4, -0.2) is 58.4 Å². The molecule has 2 aromatic rings. The first-order valence-electron chi connectivity index (χ1n) is 10.4. The molecule has 162 valence electrons. The summed E-state index contributed by atoms with van der Waals surface area (Å²) < 4.78 is 14.5. The second-order valence-electron chi connectivity index (χ2n) is 7.91. The molecule has 0 saturated carbocycles. The number of nitrogens with zero attached hydrogens (tertiary/aromatic N) is 5. The number of carbonyl (C=O) groups excluding carboxylic acids is 2. The van der Waals surface area contributed by atoms with Crippen LogP contribution in [0.25, 0.3) is 6.08 Å². The van der Waals surface area contributed by atoms with E-state index in [2.05, 4.69) is 4.99 Å². The summed E-state index contributed by atoms with van der Waals surface area (Å²) in [7, 11) is 1.64. The van der Waals surface area contributed by atoms with Gasteiger partial charge in [-0.2, -0.15) is 0 Å². The Morgan fingerprint density at radius 1 is 1.06 bits per heavy atom. The first-order chi connectivity index (χ1) is 15.5. The molecule has 0 aromatic heterocycles. The van der Waals surface area contributed by atoms with E-state index < -0.39 is 18.2 Å². The number of guanidine groups is 1. The fourth-order valence-corrected chi connectivity index (χ4v) is 4.31. The number of anilines is 1. The van der Waals surface area contributed by atoms with Crippen molar-refractivity contribution in [3.8, 4) is 0 Å². The van der Waals surface area contributed by atoms with Crippen LogP contribution in [-0.2, 0) is 4.79 Å². The zero-order chi connectivity index (χ0) is 22.4. The van der Waals surface area contributed by atoms with E-state index in [1.165, 1.54) is 15.9 Å². The zero-order valence-corrected chi connectivity index (χ0v) is 17.7. The lowest BCUT2D eigenvalue weighted by Crippen LogP contribution is -2.64. The zero-order valence-electron chi connectivity index (χ0n) is 17.7. The summed E-state index contributed by atoms with van der Waals surface area (Å²) in [4.78, 5) is 37.1. The second-order valence-corrected chi connectivity index (χ2v) is 7.91. The molecule has 0 radical (unpaired) electrons. The van der Waals surface area contributed by atoms with Gasteiger partial charge in [-0.25, -0.2) is 14.2 Å². The molecule has 0 N–H and O–H groups in total. The molecule has 2 unspecified atom stereocenters. The largest absolute Gasteiger partial charge is 0.328 e. The van der Waals surface area contributed by atoms with Crippen molar-refractivity contribution in [3.63, 3.8) is 0 Å². The molecule has 3 aliphatic heterocycles. The Kier molecular flexibility index (Phi) is 4.77. The number of urea groups is 1. The number of hydrogen-bond acceptors (Lipinski definition) is 5. The summed E-state index contributed by atoms with van der Waals surface area (Å²) >= 11 is 0. The molecule has 0 bridgehead atoms. The van der Waals surface area contributed by atoms with Gasteiger partial charge in [-0.05, 0) is 24.6 Å². The van der Waals surface area contributed by atoms with Gasteiger partial charge in [0.1, 0.15) is 5.82 Å². The Morgan fingerprint density at radius 2 is 1.78 bits per heavy atom. The maximum absolute atomic E-state index is 14.5. The van der Waals surface area contributed by atoms with Gasteiger partial charge in [0.05, 0.1) is 5.69 Å². The smallest absolute Gasteiger partial charge is 0.302 e. The van der Waals surface area contributed by atoms with Crippen molar-refractivity contribution in [2.45, 2.75) is 19.1 Å². The summed E-state index contributed by atoms with van der Waals surface area (Å²) in [6.45, 7) is 1.99. The molecule has 1 fully saturated rings. The third kappa shape index (κ3) is 3.07. The highest BCUT2D eigenvalue weighted by molar-refractivity contribution is 6.10. The van der Waals surface area contributed by atoms with E-state index in [4.69, 9.17) is 0 Å². The maximum Gasteiger partial charge on any atom is 0.328 e. The monoisotopic (exact) mass is 431 g/mol. The van der Waals surface area contributed by atoms with Crippen LogP contribution in [0, 0.1) is 5.82 Å². The van der Waals surface area contributed by atoms with Crippen molar-refractivity contribution in [3.05, 3.63) is 84.0 Å². The predicted molar refractivity (Wildman–Crippen MR) is 120 cm³/mol. The van der Waals surface area contributed by atoms with Gasteiger partial charge in [-0.1, -0.05) is 54.6 Å². The number of rotatable bonds is 4. The number of benzene rings is 2. The van der Waals surface area contributed by atoms with Crippen LogP contribution in [0.2, 0.25) is 0 Å². The Labute approximate surface area is 185 Å².